The molecule has 0 radical (unpaired) electrons. The summed E-state index contributed by atoms with van der Waals surface area (Å²) in [4.78, 5) is 0.268. The Labute approximate surface area is 117 Å². The Hall–Kier alpha value is -1.00. The van der Waals surface area contributed by atoms with E-state index in [0.29, 0.717) is 5.92 Å². The van der Waals surface area contributed by atoms with Crippen molar-refractivity contribution in [3.8, 4) is 0 Å². The molecule has 2 aromatic rings. The summed E-state index contributed by atoms with van der Waals surface area (Å²) >= 11 is 0. The standard InChI is InChI=1S/C14H16ClNO2S/c1-10-14(19(15,17)18)12-7-2-3-8-13(12)16(10)9-11-5-4-6-11/h2-3,7-8,11H,4-6,9H2,1H3. The van der Waals surface area contributed by atoms with Crippen molar-refractivity contribution in [3.63, 3.8) is 0 Å². The zero-order chi connectivity index (χ0) is 13.6. The zero-order valence-corrected chi connectivity index (χ0v) is 12.3. The van der Waals surface area contributed by atoms with Crippen molar-refractivity contribution < 1.29 is 8.42 Å². The molecule has 0 saturated heterocycles. The second-order valence-corrected chi connectivity index (χ2v) is 7.78. The third kappa shape index (κ3) is 2.17. The van der Waals surface area contributed by atoms with Gasteiger partial charge in [0.05, 0.1) is 0 Å². The number of aromatic nitrogens is 1. The van der Waals surface area contributed by atoms with Crippen LogP contribution in [0.1, 0.15) is 25.0 Å². The Morgan fingerprint density at radius 3 is 2.58 bits per heavy atom. The molecule has 5 heteroatoms. The second-order valence-electron chi connectivity index (χ2n) is 5.28. The predicted octanol–water partition coefficient (Wildman–Crippen LogP) is 3.68. The van der Waals surface area contributed by atoms with Crippen molar-refractivity contribution in [1.82, 2.24) is 4.57 Å². The highest BCUT2D eigenvalue weighted by atomic mass is 35.7. The highest BCUT2D eigenvalue weighted by molar-refractivity contribution is 8.14. The van der Waals surface area contributed by atoms with Gasteiger partial charge >= 0.3 is 0 Å². The fourth-order valence-corrected chi connectivity index (χ4v) is 4.36. The van der Waals surface area contributed by atoms with Gasteiger partial charge in [0.25, 0.3) is 9.05 Å². The Morgan fingerprint density at radius 1 is 1.32 bits per heavy atom. The molecule has 0 spiro atoms. The van der Waals surface area contributed by atoms with Gasteiger partial charge in [0.15, 0.2) is 0 Å². The lowest BCUT2D eigenvalue weighted by Crippen LogP contribution is -2.18. The Bertz CT molecular complexity index is 729. The molecule has 0 N–H and O–H groups in total. The Balaban J connectivity index is 2.23. The van der Waals surface area contributed by atoms with Crippen LogP contribution in [0.2, 0.25) is 0 Å². The average Bonchev–Trinajstić information content (AvgIpc) is 2.55. The molecule has 3 nitrogen and oxygen atoms in total. The molecule has 1 aromatic carbocycles. The number of nitrogens with zero attached hydrogens (tertiary/aromatic N) is 1. The number of fused-ring (bicyclic) bond motifs is 1. The second kappa shape index (κ2) is 4.53. The van der Waals surface area contributed by atoms with E-state index in [1.165, 1.54) is 19.3 Å². The molecule has 1 heterocycles. The van der Waals surface area contributed by atoms with Crippen LogP contribution in [0.4, 0.5) is 0 Å². The van der Waals surface area contributed by atoms with Gasteiger partial charge in [-0.05, 0) is 31.7 Å². The number of halogens is 1. The largest absolute Gasteiger partial charge is 0.343 e. The minimum Gasteiger partial charge on any atom is -0.343 e. The van der Waals surface area contributed by atoms with E-state index >= 15 is 0 Å². The van der Waals surface area contributed by atoms with E-state index in [4.69, 9.17) is 10.7 Å². The first-order valence-electron chi connectivity index (χ1n) is 6.51. The van der Waals surface area contributed by atoms with E-state index in [1.807, 2.05) is 31.2 Å². The Morgan fingerprint density at radius 2 is 2.00 bits per heavy atom. The summed E-state index contributed by atoms with van der Waals surface area (Å²) in [6.07, 6.45) is 3.74. The van der Waals surface area contributed by atoms with E-state index in [2.05, 4.69) is 4.57 Å². The summed E-state index contributed by atoms with van der Waals surface area (Å²) < 4.78 is 25.7. The quantitative estimate of drug-likeness (QED) is 0.811. The van der Waals surface area contributed by atoms with Gasteiger partial charge in [-0.2, -0.15) is 0 Å². The molecule has 102 valence electrons. The smallest absolute Gasteiger partial charge is 0.263 e. The highest BCUT2D eigenvalue weighted by Gasteiger charge is 2.25. The van der Waals surface area contributed by atoms with Crippen molar-refractivity contribution in [2.75, 3.05) is 0 Å². The Kier molecular flexibility index (Phi) is 3.10. The first kappa shape index (κ1) is 13.0. The maximum absolute atomic E-state index is 11.8. The van der Waals surface area contributed by atoms with Gasteiger partial charge in [-0.25, -0.2) is 8.42 Å². The fourth-order valence-electron chi connectivity index (χ4n) is 2.88. The molecular weight excluding hydrogens is 282 g/mol. The van der Waals surface area contributed by atoms with Gasteiger partial charge in [0.2, 0.25) is 0 Å². The third-order valence-corrected chi connectivity index (χ3v) is 5.55. The zero-order valence-electron chi connectivity index (χ0n) is 10.8. The molecule has 19 heavy (non-hydrogen) atoms. The summed E-state index contributed by atoms with van der Waals surface area (Å²) in [5.41, 5.74) is 1.72. The maximum atomic E-state index is 11.8. The molecule has 1 aliphatic carbocycles. The lowest BCUT2D eigenvalue weighted by Gasteiger charge is -2.26. The van der Waals surface area contributed by atoms with E-state index in [1.54, 1.807) is 0 Å². The SMILES string of the molecule is Cc1c(S(=O)(=O)Cl)c2ccccc2n1CC1CCC1. The summed E-state index contributed by atoms with van der Waals surface area (Å²) in [6.45, 7) is 2.73. The summed E-state index contributed by atoms with van der Waals surface area (Å²) in [6, 6.07) is 7.58. The molecule has 0 amide bonds. The molecule has 0 unspecified atom stereocenters. The van der Waals surface area contributed by atoms with Crippen molar-refractivity contribution >= 4 is 30.6 Å². The number of hydrogen-bond donors (Lipinski definition) is 0. The van der Waals surface area contributed by atoms with Gasteiger partial charge in [-0.3, -0.25) is 0 Å². The van der Waals surface area contributed by atoms with Gasteiger partial charge < -0.3 is 4.57 Å². The molecule has 3 rings (SSSR count). The van der Waals surface area contributed by atoms with Crippen LogP contribution in [-0.2, 0) is 15.6 Å². The topological polar surface area (TPSA) is 39.1 Å². The lowest BCUT2D eigenvalue weighted by molar-refractivity contribution is 0.278. The highest BCUT2D eigenvalue weighted by Crippen LogP contribution is 2.35. The average molecular weight is 298 g/mol. The fraction of sp³-hybridized carbons (Fsp3) is 0.429. The lowest BCUT2D eigenvalue weighted by atomic mass is 9.85. The van der Waals surface area contributed by atoms with Crippen molar-refractivity contribution in [2.45, 2.75) is 37.6 Å². The maximum Gasteiger partial charge on any atom is 0.263 e. The van der Waals surface area contributed by atoms with Crippen LogP contribution in [0, 0.1) is 12.8 Å². The number of para-hydroxylation sites is 1. The van der Waals surface area contributed by atoms with Crippen LogP contribution in [0.15, 0.2) is 29.2 Å². The molecule has 1 aliphatic rings. The molecule has 0 atom stereocenters. The molecule has 0 aliphatic heterocycles. The van der Waals surface area contributed by atoms with E-state index in [0.717, 1.165) is 23.1 Å². The third-order valence-electron chi connectivity index (χ3n) is 4.08. The predicted molar refractivity (Wildman–Crippen MR) is 77.1 cm³/mol. The number of benzene rings is 1. The molecule has 1 fully saturated rings. The minimum absolute atomic E-state index is 0.268. The monoisotopic (exact) mass is 297 g/mol. The minimum atomic E-state index is -3.71. The van der Waals surface area contributed by atoms with Crippen LogP contribution in [0.25, 0.3) is 10.9 Å². The molecule has 1 saturated carbocycles. The van der Waals surface area contributed by atoms with Crippen molar-refractivity contribution in [2.24, 2.45) is 5.92 Å². The summed E-state index contributed by atoms with van der Waals surface area (Å²) in [7, 11) is 1.89. The van der Waals surface area contributed by atoms with Crippen LogP contribution in [-0.4, -0.2) is 13.0 Å². The van der Waals surface area contributed by atoms with E-state index in [-0.39, 0.29) is 4.90 Å². The van der Waals surface area contributed by atoms with Gasteiger partial charge in [0.1, 0.15) is 4.90 Å². The van der Waals surface area contributed by atoms with Crippen LogP contribution >= 0.6 is 10.7 Å². The number of hydrogen-bond acceptors (Lipinski definition) is 2. The van der Waals surface area contributed by atoms with Crippen LogP contribution < -0.4 is 0 Å². The van der Waals surface area contributed by atoms with Crippen LogP contribution in [0.3, 0.4) is 0 Å². The van der Waals surface area contributed by atoms with Gasteiger partial charge in [-0.15, -0.1) is 0 Å². The van der Waals surface area contributed by atoms with Crippen molar-refractivity contribution in [3.05, 3.63) is 30.0 Å². The normalized spacial score (nSPS) is 16.7. The van der Waals surface area contributed by atoms with E-state index < -0.39 is 9.05 Å². The van der Waals surface area contributed by atoms with Crippen molar-refractivity contribution in [1.29, 1.82) is 0 Å². The summed E-state index contributed by atoms with van der Waals surface area (Å²) in [5, 5.41) is 0.731. The first-order chi connectivity index (χ1) is 8.98. The summed E-state index contributed by atoms with van der Waals surface area (Å²) in [5.74, 6) is 0.667. The van der Waals surface area contributed by atoms with E-state index in [9.17, 15) is 8.42 Å². The molecule has 1 aromatic heterocycles. The first-order valence-corrected chi connectivity index (χ1v) is 8.82. The molecular formula is C14H16ClNO2S. The van der Waals surface area contributed by atoms with Crippen LogP contribution in [0.5, 0.6) is 0 Å². The van der Waals surface area contributed by atoms with Gasteiger partial charge in [-0.1, -0.05) is 24.6 Å². The molecule has 0 bridgehead atoms. The number of rotatable bonds is 3. The van der Waals surface area contributed by atoms with Gasteiger partial charge in [0, 0.05) is 33.8 Å².